The van der Waals surface area contributed by atoms with Crippen LogP contribution in [0.15, 0.2) is 6.20 Å². The first-order valence-electron chi connectivity index (χ1n) is 5.02. The third-order valence-corrected chi connectivity index (χ3v) is 3.04. The fraction of sp³-hybridized carbons (Fsp3) is 0.600. The van der Waals surface area contributed by atoms with Gasteiger partial charge in [-0.05, 0) is 25.7 Å². The molecule has 1 aromatic rings. The Kier molecular flexibility index (Phi) is 2.48. The maximum atomic E-state index is 10.7. The molecule has 0 atom stereocenters. The molecule has 1 aliphatic carbocycles. The molecule has 5 heteroatoms. The molecule has 0 unspecified atom stereocenters. The molecule has 5 nitrogen and oxygen atoms in total. The number of nitrogens with zero attached hydrogens (tertiary/aromatic N) is 1. The van der Waals surface area contributed by atoms with E-state index in [2.05, 4.69) is 9.97 Å². The van der Waals surface area contributed by atoms with Gasteiger partial charge in [0.15, 0.2) is 0 Å². The molecule has 1 aliphatic rings. The van der Waals surface area contributed by atoms with E-state index < -0.39 is 11.6 Å². The number of carboxylic acid groups (broad SMARTS) is 1. The molecule has 0 amide bonds. The minimum absolute atomic E-state index is 0.119. The Bertz CT molecular complexity index is 366. The molecular weight excluding hydrogens is 196 g/mol. The minimum atomic E-state index is -0.988. The van der Waals surface area contributed by atoms with Crippen molar-refractivity contribution in [3.63, 3.8) is 0 Å². The van der Waals surface area contributed by atoms with Crippen LogP contribution in [0.4, 0.5) is 0 Å². The van der Waals surface area contributed by atoms with Crippen molar-refractivity contribution in [2.75, 3.05) is 7.11 Å². The fourth-order valence-corrected chi connectivity index (χ4v) is 2.15. The van der Waals surface area contributed by atoms with E-state index in [-0.39, 0.29) is 5.69 Å². The average molecular weight is 210 g/mol. The van der Waals surface area contributed by atoms with Crippen molar-refractivity contribution in [1.29, 1.82) is 0 Å². The standard InChI is InChI=1S/C10H14N2O3/c1-15-10(4-2-3-5-10)9-11-6-7(12-9)8(13)14/h6H,2-5H2,1H3,(H,11,12)(H,13,14). The zero-order valence-electron chi connectivity index (χ0n) is 8.62. The molecule has 0 aromatic carbocycles. The second-order valence-electron chi connectivity index (χ2n) is 3.86. The van der Waals surface area contributed by atoms with Gasteiger partial charge in [0.2, 0.25) is 0 Å². The second-order valence-corrected chi connectivity index (χ2v) is 3.86. The van der Waals surface area contributed by atoms with Gasteiger partial charge in [-0.15, -0.1) is 0 Å². The lowest BCUT2D eigenvalue weighted by Gasteiger charge is -2.24. The zero-order valence-corrected chi connectivity index (χ0v) is 8.62. The maximum absolute atomic E-state index is 10.7. The van der Waals surface area contributed by atoms with Crippen LogP contribution in [-0.2, 0) is 10.3 Å². The summed E-state index contributed by atoms with van der Waals surface area (Å²) >= 11 is 0. The number of aromatic carboxylic acids is 1. The molecule has 0 aliphatic heterocycles. The highest BCUT2D eigenvalue weighted by molar-refractivity contribution is 5.85. The van der Waals surface area contributed by atoms with Crippen LogP contribution >= 0.6 is 0 Å². The highest BCUT2D eigenvalue weighted by Crippen LogP contribution is 2.39. The third kappa shape index (κ3) is 1.63. The summed E-state index contributed by atoms with van der Waals surface area (Å²) < 4.78 is 5.49. The Morgan fingerprint density at radius 1 is 1.60 bits per heavy atom. The quantitative estimate of drug-likeness (QED) is 0.793. The van der Waals surface area contributed by atoms with Gasteiger partial charge in [-0.2, -0.15) is 0 Å². The van der Waals surface area contributed by atoms with Crippen LogP contribution in [0.2, 0.25) is 0 Å². The Labute approximate surface area is 87.5 Å². The number of hydrogen-bond donors (Lipinski definition) is 2. The molecule has 1 saturated carbocycles. The van der Waals surface area contributed by atoms with Crippen molar-refractivity contribution in [2.24, 2.45) is 0 Å². The first kappa shape index (κ1) is 10.2. The van der Waals surface area contributed by atoms with Gasteiger partial charge < -0.3 is 14.8 Å². The van der Waals surface area contributed by atoms with Crippen molar-refractivity contribution >= 4 is 5.97 Å². The van der Waals surface area contributed by atoms with Gasteiger partial charge in [-0.3, -0.25) is 0 Å². The number of imidazole rings is 1. The molecule has 0 spiro atoms. The molecule has 15 heavy (non-hydrogen) atoms. The van der Waals surface area contributed by atoms with Crippen LogP contribution in [0.3, 0.4) is 0 Å². The van der Waals surface area contributed by atoms with Gasteiger partial charge in [0.05, 0.1) is 6.20 Å². The van der Waals surface area contributed by atoms with Gasteiger partial charge in [0, 0.05) is 7.11 Å². The summed E-state index contributed by atoms with van der Waals surface area (Å²) in [6.45, 7) is 0. The molecule has 1 fully saturated rings. The Balaban J connectivity index is 2.30. The number of nitrogens with one attached hydrogen (secondary N) is 1. The minimum Gasteiger partial charge on any atom is -0.477 e. The lowest BCUT2D eigenvalue weighted by molar-refractivity contribution is -0.0156. The number of ether oxygens (including phenoxy) is 1. The van der Waals surface area contributed by atoms with Crippen LogP contribution in [-0.4, -0.2) is 28.2 Å². The normalized spacial score (nSPS) is 19.3. The van der Waals surface area contributed by atoms with Crippen molar-refractivity contribution < 1.29 is 14.6 Å². The predicted molar refractivity (Wildman–Crippen MR) is 52.7 cm³/mol. The van der Waals surface area contributed by atoms with E-state index in [4.69, 9.17) is 9.84 Å². The first-order valence-corrected chi connectivity index (χ1v) is 5.02. The van der Waals surface area contributed by atoms with Crippen molar-refractivity contribution in [2.45, 2.75) is 31.3 Å². The van der Waals surface area contributed by atoms with E-state index in [1.807, 2.05) is 0 Å². The van der Waals surface area contributed by atoms with Crippen molar-refractivity contribution in [1.82, 2.24) is 9.97 Å². The number of aromatic nitrogens is 2. The van der Waals surface area contributed by atoms with Crippen LogP contribution in [0.1, 0.15) is 42.0 Å². The van der Waals surface area contributed by atoms with Gasteiger partial charge >= 0.3 is 5.97 Å². The Morgan fingerprint density at radius 2 is 2.27 bits per heavy atom. The summed E-state index contributed by atoms with van der Waals surface area (Å²) in [7, 11) is 1.65. The lowest BCUT2D eigenvalue weighted by atomic mass is 10.0. The monoisotopic (exact) mass is 210 g/mol. The van der Waals surface area contributed by atoms with Crippen molar-refractivity contribution in [3.05, 3.63) is 17.7 Å². The van der Waals surface area contributed by atoms with Crippen LogP contribution in [0.5, 0.6) is 0 Å². The fourth-order valence-electron chi connectivity index (χ4n) is 2.15. The number of methoxy groups -OCH3 is 1. The van der Waals surface area contributed by atoms with E-state index in [9.17, 15) is 4.79 Å². The predicted octanol–water partition coefficient (Wildman–Crippen LogP) is 1.52. The first-order chi connectivity index (χ1) is 7.18. The molecular formula is C10H14N2O3. The summed E-state index contributed by atoms with van der Waals surface area (Å²) in [6, 6.07) is 0. The third-order valence-electron chi connectivity index (χ3n) is 3.04. The number of carboxylic acids is 1. The van der Waals surface area contributed by atoms with Gasteiger partial charge in [-0.25, -0.2) is 9.78 Å². The van der Waals surface area contributed by atoms with Gasteiger partial charge in [0.1, 0.15) is 17.1 Å². The van der Waals surface area contributed by atoms with E-state index in [1.165, 1.54) is 6.20 Å². The smallest absolute Gasteiger partial charge is 0.353 e. The molecule has 1 aromatic heterocycles. The average Bonchev–Trinajstić information content (AvgIpc) is 2.87. The van der Waals surface area contributed by atoms with Crippen molar-refractivity contribution in [3.8, 4) is 0 Å². The lowest BCUT2D eigenvalue weighted by Crippen LogP contribution is -2.26. The zero-order chi connectivity index (χ0) is 10.9. The largest absolute Gasteiger partial charge is 0.477 e. The summed E-state index contributed by atoms with van der Waals surface area (Å²) in [5, 5.41) is 8.79. The highest BCUT2D eigenvalue weighted by Gasteiger charge is 2.38. The van der Waals surface area contributed by atoms with E-state index >= 15 is 0 Å². The summed E-state index contributed by atoms with van der Waals surface area (Å²) in [4.78, 5) is 17.6. The van der Waals surface area contributed by atoms with Crippen LogP contribution < -0.4 is 0 Å². The van der Waals surface area contributed by atoms with Crippen LogP contribution in [0.25, 0.3) is 0 Å². The summed E-state index contributed by atoms with van der Waals surface area (Å²) in [5.74, 6) is -0.349. The van der Waals surface area contributed by atoms with E-state index in [0.717, 1.165) is 25.7 Å². The van der Waals surface area contributed by atoms with E-state index in [0.29, 0.717) is 5.82 Å². The van der Waals surface area contributed by atoms with Crippen LogP contribution in [0, 0.1) is 0 Å². The number of carbonyl (C=O) groups is 1. The number of rotatable bonds is 3. The SMILES string of the molecule is COC1(c2ncc(C(=O)O)[nH]2)CCCC1. The Hall–Kier alpha value is -1.36. The molecule has 0 radical (unpaired) electrons. The summed E-state index contributed by atoms with van der Waals surface area (Å²) in [5.41, 5.74) is -0.276. The molecule has 1 heterocycles. The molecule has 2 rings (SSSR count). The molecule has 0 saturated heterocycles. The number of aromatic amines is 1. The van der Waals surface area contributed by atoms with E-state index in [1.54, 1.807) is 7.11 Å². The number of H-pyrrole nitrogens is 1. The Morgan fingerprint density at radius 3 is 2.73 bits per heavy atom. The van der Waals surface area contributed by atoms with Gasteiger partial charge in [-0.1, -0.05) is 0 Å². The summed E-state index contributed by atoms with van der Waals surface area (Å²) in [6.07, 6.45) is 5.33. The number of hydrogen-bond acceptors (Lipinski definition) is 3. The second kappa shape index (κ2) is 3.66. The topological polar surface area (TPSA) is 75.2 Å². The molecule has 0 bridgehead atoms. The maximum Gasteiger partial charge on any atom is 0.353 e. The molecule has 82 valence electrons. The highest BCUT2D eigenvalue weighted by atomic mass is 16.5. The molecule has 2 N–H and O–H groups in total. The van der Waals surface area contributed by atoms with Gasteiger partial charge in [0.25, 0.3) is 0 Å².